The van der Waals surface area contributed by atoms with Crippen LogP contribution >= 0.6 is 15.9 Å². The van der Waals surface area contributed by atoms with Crippen LogP contribution in [0.1, 0.15) is 38.3 Å². The van der Waals surface area contributed by atoms with Crippen LogP contribution in [0.4, 0.5) is 11.4 Å². The molecule has 2 aliphatic heterocycles. The van der Waals surface area contributed by atoms with Crippen LogP contribution in [0.25, 0.3) is 0 Å². The highest BCUT2D eigenvalue weighted by molar-refractivity contribution is 9.10. The van der Waals surface area contributed by atoms with E-state index in [-0.39, 0.29) is 11.8 Å². The van der Waals surface area contributed by atoms with Gasteiger partial charge in [0.2, 0.25) is 0 Å². The zero-order valence-corrected chi connectivity index (χ0v) is 23.0. The molecule has 0 spiro atoms. The molecule has 0 aliphatic carbocycles. The minimum atomic E-state index is -0.214. The molecule has 0 bridgehead atoms. The third-order valence-corrected chi connectivity index (χ3v) is 7.65. The van der Waals surface area contributed by atoms with Gasteiger partial charge in [-0.15, -0.1) is 0 Å². The van der Waals surface area contributed by atoms with Crippen molar-refractivity contribution in [3.05, 3.63) is 93.5 Å². The van der Waals surface area contributed by atoms with E-state index in [9.17, 15) is 9.59 Å². The summed E-state index contributed by atoms with van der Waals surface area (Å²) >= 11 is 3.40. The predicted octanol–water partition coefficient (Wildman–Crippen LogP) is 4.72. The Hall–Kier alpha value is -3.20. The van der Waals surface area contributed by atoms with Gasteiger partial charge < -0.3 is 20.3 Å². The Kier molecular flexibility index (Phi) is 8.73. The number of hydrogen-bond donors (Lipinski definition) is 2. The predicted molar refractivity (Wildman–Crippen MR) is 154 cm³/mol. The van der Waals surface area contributed by atoms with Crippen LogP contribution in [-0.4, -0.2) is 62.7 Å². The van der Waals surface area contributed by atoms with Gasteiger partial charge in [-0.1, -0.05) is 40.2 Å². The standard InChI is InChI=1S/C30H33BrN4O3/c31-25-8-6-23(7-9-25)29(36)33-26-10-11-28(35-15-12-22-4-1-2-5-24(22)21-35)27(20-26)30(37)32-13-3-14-34-16-18-38-19-17-34/h1-2,4-11,20H,3,12-19,21H2,(H,32,37)(H,33,36). The number of amides is 2. The lowest BCUT2D eigenvalue weighted by atomic mass is 9.98. The van der Waals surface area contributed by atoms with Crippen molar-refractivity contribution in [1.82, 2.24) is 10.2 Å². The summed E-state index contributed by atoms with van der Waals surface area (Å²) < 4.78 is 6.33. The van der Waals surface area contributed by atoms with Gasteiger partial charge in [0.05, 0.1) is 18.8 Å². The highest BCUT2D eigenvalue weighted by Crippen LogP contribution is 2.30. The van der Waals surface area contributed by atoms with E-state index in [2.05, 4.69) is 60.6 Å². The number of fused-ring (bicyclic) bond motifs is 1. The van der Waals surface area contributed by atoms with E-state index in [0.717, 1.165) is 68.9 Å². The minimum Gasteiger partial charge on any atom is -0.379 e. The number of carbonyl (C=O) groups is 2. The summed E-state index contributed by atoms with van der Waals surface area (Å²) in [6, 6.07) is 21.3. The molecule has 5 rings (SSSR count). The lowest BCUT2D eigenvalue weighted by molar-refractivity contribution is 0.0374. The lowest BCUT2D eigenvalue weighted by Gasteiger charge is -2.32. The molecule has 0 radical (unpaired) electrons. The molecule has 2 N–H and O–H groups in total. The van der Waals surface area contributed by atoms with Gasteiger partial charge >= 0.3 is 0 Å². The van der Waals surface area contributed by atoms with Crippen LogP contribution in [0.5, 0.6) is 0 Å². The zero-order valence-electron chi connectivity index (χ0n) is 21.4. The Balaban J connectivity index is 1.32. The van der Waals surface area contributed by atoms with Crippen LogP contribution < -0.4 is 15.5 Å². The molecule has 2 heterocycles. The number of benzene rings is 3. The van der Waals surface area contributed by atoms with E-state index < -0.39 is 0 Å². The van der Waals surface area contributed by atoms with Crippen molar-refractivity contribution < 1.29 is 14.3 Å². The summed E-state index contributed by atoms with van der Waals surface area (Å²) in [4.78, 5) is 30.9. The van der Waals surface area contributed by atoms with Crippen molar-refractivity contribution in [1.29, 1.82) is 0 Å². The monoisotopic (exact) mass is 576 g/mol. The molecule has 1 saturated heterocycles. The van der Waals surface area contributed by atoms with Crippen LogP contribution in [0.15, 0.2) is 71.2 Å². The number of nitrogens with one attached hydrogen (secondary N) is 2. The quantitative estimate of drug-likeness (QED) is 0.380. The molecular weight excluding hydrogens is 544 g/mol. The molecular formula is C30H33BrN4O3. The van der Waals surface area contributed by atoms with E-state index in [1.807, 2.05) is 24.3 Å². The second-order valence-corrected chi connectivity index (χ2v) is 10.6. The lowest BCUT2D eigenvalue weighted by Crippen LogP contribution is -2.38. The second-order valence-electron chi connectivity index (χ2n) is 9.70. The van der Waals surface area contributed by atoms with E-state index in [4.69, 9.17) is 4.74 Å². The molecule has 0 unspecified atom stereocenters. The molecule has 3 aromatic carbocycles. The fourth-order valence-electron chi connectivity index (χ4n) is 5.00. The van der Waals surface area contributed by atoms with Crippen LogP contribution in [0, 0.1) is 0 Å². The number of ether oxygens (including phenoxy) is 1. The Morgan fingerprint density at radius 3 is 2.45 bits per heavy atom. The molecule has 8 heteroatoms. The molecule has 38 heavy (non-hydrogen) atoms. The molecule has 2 amide bonds. The molecule has 0 saturated carbocycles. The highest BCUT2D eigenvalue weighted by atomic mass is 79.9. The summed E-state index contributed by atoms with van der Waals surface area (Å²) in [5.74, 6) is -0.338. The second kappa shape index (κ2) is 12.6. The fraction of sp³-hybridized carbons (Fsp3) is 0.333. The van der Waals surface area contributed by atoms with Crippen molar-refractivity contribution in [2.24, 2.45) is 0 Å². The number of hydrogen-bond acceptors (Lipinski definition) is 5. The summed E-state index contributed by atoms with van der Waals surface area (Å²) in [5.41, 5.74) is 5.24. The van der Waals surface area contributed by atoms with E-state index in [0.29, 0.717) is 23.4 Å². The summed E-state index contributed by atoms with van der Waals surface area (Å²) in [6.07, 6.45) is 1.80. The van der Waals surface area contributed by atoms with E-state index >= 15 is 0 Å². The van der Waals surface area contributed by atoms with Crippen LogP contribution in [0.3, 0.4) is 0 Å². The third-order valence-electron chi connectivity index (χ3n) is 7.12. The van der Waals surface area contributed by atoms with Crippen LogP contribution in [-0.2, 0) is 17.7 Å². The van der Waals surface area contributed by atoms with Gasteiger partial charge in [-0.25, -0.2) is 0 Å². The maximum Gasteiger partial charge on any atom is 0.255 e. The molecule has 198 valence electrons. The number of carbonyl (C=O) groups excluding carboxylic acids is 2. The molecule has 0 atom stereocenters. The van der Waals surface area contributed by atoms with Crippen molar-refractivity contribution >= 4 is 39.1 Å². The number of nitrogens with zero attached hydrogens (tertiary/aromatic N) is 2. The Morgan fingerprint density at radius 1 is 0.895 bits per heavy atom. The Bertz CT molecular complexity index is 1270. The summed E-state index contributed by atoms with van der Waals surface area (Å²) in [5, 5.41) is 6.07. The fourth-order valence-corrected chi connectivity index (χ4v) is 5.27. The first-order chi connectivity index (χ1) is 18.6. The molecule has 3 aromatic rings. The van der Waals surface area contributed by atoms with E-state index in [1.165, 1.54) is 11.1 Å². The number of morpholine rings is 1. The van der Waals surface area contributed by atoms with Crippen molar-refractivity contribution in [3.8, 4) is 0 Å². The summed E-state index contributed by atoms with van der Waals surface area (Å²) in [7, 11) is 0. The van der Waals surface area contributed by atoms with Crippen molar-refractivity contribution in [2.75, 3.05) is 56.2 Å². The maximum absolute atomic E-state index is 13.5. The number of halogens is 1. The zero-order chi connectivity index (χ0) is 26.3. The smallest absolute Gasteiger partial charge is 0.255 e. The first-order valence-corrected chi connectivity index (χ1v) is 14.0. The first kappa shape index (κ1) is 26.4. The number of rotatable bonds is 8. The number of anilines is 2. The normalized spacial score (nSPS) is 15.6. The Morgan fingerprint density at radius 2 is 1.66 bits per heavy atom. The van der Waals surface area contributed by atoms with Crippen molar-refractivity contribution in [3.63, 3.8) is 0 Å². The van der Waals surface area contributed by atoms with Crippen molar-refractivity contribution in [2.45, 2.75) is 19.4 Å². The molecule has 1 fully saturated rings. The highest BCUT2D eigenvalue weighted by Gasteiger charge is 2.22. The largest absolute Gasteiger partial charge is 0.379 e. The Labute approximate surface area is 232 Å². The molecule has 0 aromatic heterocycles. The molecule has 7 nitrogen and oxygen atoms in total. The summed E-state index contributed by atoms with van der Waals surface area (Å²) in [6.45, 7) is 6.53. The van der Waals surface area contributed by atoms with Gasteiger partial charge in [-0.3, -0.25) is 14.5 Å². The minimum absolute atomic E-state index is 0.124. The topological polar surface area (TPSA) is 73.9 Å². The average Bonchev–Trinajstić information content (AvgIpc) is 2.96. The van der Waals surface area contributed by atoms with Crippen LogP contribution in [0.2, 0.25) is 0 Å². The van der Waals surface area contributed by atoms with Gasteiger partial charge in [-0.05, 0) is 73.0 Å². The maximum atomic E-state index is 13.5. The van der Waals surface area contributed by atoms with Gasteiger partial charge in [0.1, 0.15) is 0 Å². The first-order valence-electron chi connectivity index (χ1n) is 13.2. The third kappa shape index (κ3) is 6.62. The SMILES string of the molecule is O=C(Nc1ccc(N2CCc3ccccc3C2)c(C(=O)NCCCN2CCOCC2)c1)c1ccc(Br)cc1. The van der Waals surface area contributed by atoms with E-state index in [1.54, 1.807) is 18.2 Å². The van der Waals surface area contributed by atoms with Gasteiger partial charge in [0, 0.05) is 54.1 Å². The van der Waals surface area contributed by atoms with Gasteiger partial charge in [0.15, 0.2) is 0 Å². The van der Waals surface area contributed by atoms with Gasteiger partial charge in [0.25, 0.3) is 11.8 Å². The molecule has 2 aliphatic rings. The van der Waals surface area contributed by atoms with Gasteiger partial charge in [-0.2, -0.15) is 0 Å². The average molecular weight is 578 g/mol.